The van der Waals surface area contributed by atoms with Crippen molar-refractivity contribution in [3.63, 3.8) is 0 Å². The number of benzene rings is 1. The molecule has 1 aliphatic rings. The highest BCUT2D eigenvalue weighted by Gasteiger charge is 2.42. The molecule has 1 N–H and O–H groups in total. The number of nitrogens with zero attached hydrogens (tertiary/aromatic N) is 1. The molecule has 1 aliphatic heterocycles. The Kier molecular flexibility index (Phi) is 4.57. The largest absolute Gasteiger partial charge is 0.342 e. The Bertz CT molecular complexity index is 571. The van der Waals surface area contributed by atoms with E-state index in [9.17, 15) is 9.59 Å². The zero-order valence-corrected chi connectivity index (χ0v) is 13.6. The van der Waals surface area contributed by atoms with Crippen LogP contribution in [0.15, 0.2) is 18.2 Å². The van der Waals surface area contributed by atoms with Crippen molar-refractivity contribution in [1.29, 1.82) is 0 Å². The number of halogens is 1. The van der Waals surface area contributed by atoms with Crippen LogP contribution in [0.5, 0.6) is 0 Å². The predicted molar refractivity (Wildman–Crippen MR) is 84.5 cm³/mol. The van der Waals surface area contributed by atoms with Crippen LogP contribution in [0.2, 0.25) is 5.02 Å². The number of hydrogen-bond donors (Lipinski definition) is 1. The lowest BCUT2D eigenvalue weighted by molar-refractivity contribution is -0.134. The Morgan fingerprint density at radius 1 is 1.33 bits per heavy atom. The third-order valence-electron chi connectivity index (χ3n) is 3.83. The van der Waals surface area contributed by atoms with Crippen LogP contribution in [0.25, 0.3) is 0 Å². The molecule has 2 rings (SSSR count). The van der Waals surface area contributed by atoms with Crippen molar-refractivity contribution in [2.24, 2.45) is 5.92 Å². The number of hydrogen-bond acceptors (Lipinski definition) is 2. The van der Waals surface area contributed by atoms with E-state index < -0.39 is 12.1 Å². The molecular weight excluding hydrogens is 288 g/mol. The highest BCUT2D eigenvalue weighted by molar-refractivity contribution is 6.34. The Hall–Kier alpha value is -1.55. The van der Waals surface area contributed by atoms with Gasteiger partial charge in [0.1, 0.15) is 12.1 Å². The predicted octanol–water partition coefficient (Wildman–Crippen LogP) is 2.91. The van der Waals surface area contributed by atoms with E-state index in [1.165, 1.54) is 0 Å². The molecule has 21 heavy (non-hydrogen) atoms. The molecule has 0 saturated carbocycles. The maximum absolute atomic E-state index is 12.8. The third kappa shape index (κ3) is 2.91. The van der Waals surface area contributed by atoms with Crippen molar-refractivity contribution in [1.82, 2.24) is 5.32 Å². The third-order valence-corrected chi connectivity index (χ3v) is 4.15. The zero-order valence-electron chi connectivity index (χ0n) is 12.8. The number of piperazine rings is 1. The number of anilines is 1. The summed E-state index contributed by atoms with van der Waals surface area (Å²) in [4.78, 5) is 26.7. The van der Waals surface area contributed by atoms with Gasteiger partial charge < -0.3 is 5.32 Å². The van der Waals surface area contributed by atoms with Gasteiger partial charge in [-0.15, -0.1) is 0 Å². The van der Waals surface area contributed by atoms with E-state index in [4.69, 9.17) is 11.6 Å². The summed E-state index contributed by atoms with van der Waals surface area (Å²) in [6.07, 6.45) is 0.548. The fourth-order valence-electron chi connectivity index (χ4n) is 2.65. The topological polar surface area (TPSA) is 49.4 Å². The van der Waals surface area contributed by atoms with Gasteiger partial charge in [0.15, 0.2) is 0 Å². The monoisotopic (exact) mass is 308 g/mol. The van der Waals surface area contributed by atoms with Crippen molar-refractivity contribution in [3.05, 3.63) is 28.8 Å². The number of rotatable bonds is 3. The van der Waals surface area contributed by atoms with Crippen LogP contribution in [-0.4, -0.2) is 23.9 Å². The molecule has 2 amide bonds. The minimum atomic E-state index is -0.508. The van der Waals surface area contributed by atoms with Crippen molar-refractivity contribution in [2.45, 2.75) is 46.2 Å². The van der Waals surface area contributed by atoms with Crippen molar-refractivity contribution in [2.75, 3.05) is 4.90 Å². The highest BCUT2D eigenvalue weighted by atomic mass is 35.5. The van der Waals surface area contributed by atoms with Crippen LogP contribution >= 0.6 is 11.6 Å². The quantitative estimate of drug-likeness (QED) is 0.933. The second-order valence-electron chi connectivity index (χ2n) is 5.82. The summed E-state index contributed by atoms with van der Waals surface area (Å²) in [6.45, 7) is 7.68. The summed E-state index contributed by atoms with van der Waals surface area (Å²) in [5.41, 5.74) is 1.62. The summed E-state index contributed by atoms with van der Waals surface area (Å²) in [5.74, 6) is -0.178. The Labute approximate surface area is 130 Å². The van der Waals surface area contributed by atoms with Gasteiger partial charge in [-0.25, -0.2) is 0 Å². The fourth-order valence-corrected chi connectivity index (χ4v) is 2.85. The lowest BCUT2D eigenvalue weighted by Crippen LogP contribution is -2.65. The van der Waals surface area contributed by atoms with Crippen LogP contribution in [-0.2, 0) is 9.59 Å². The highest BCUT2D eigenvalue weighted by Crippen LogP contribution is 2.32. The maximum Gasteiger partial charge on any atom is 0.250 e. The van der Waals surface area contributed by atoms with Crippen LogP contribution in [0.4, 0.5) is 5.69 Å². The molecule has 4 nitrogen and oxygen atoms in total. The van der Waals surface area contributed by atoms with E-state index >= 15 is 0 Å². The number of carbonyl (C=O) groups is 2. The standard InChI is InChI=1S/C16H21ClN2O2/c1-5-12-15(20)18-14(9(2)3)16(21)19(12)13-8-10(4)6-7-11(13)17/h6-9,12,14H,5H2,1-4H3,(H,18,20). The van der Waals surface area contributed by atoms with Gasteiger partial charge in [-0.1, -0.05) is 38.4 Å². The molecule has 0 bridgehead atoms. The molecule has 0 aromatic heterocycles. The van der Waals surface area contributed by atoms with Crippen molar-refractivity contribution >= 4 is 29.1 Å². The average Bonchev–Trinajstić information content (AvgIpc) is 2.43. The van der Waals surface area contributed by atoms with Crippen LogP contribution in [0.3, 0.4) is 0 Å². The molecule has 1 heterocycles. The van der Waals surface area contributed by atoms with E-state index in [-0.39, 0.29) is 17.7 Å². The maximum atomic E-state index is 12.8. The van der Waals surface area contributed by atoms with Gasteiger partial charge in [-0.05, 0) is 37.0 Å². The summed E-state index contributed by atoms with van der Waals surface area (Å²) in [5, 5.41) is 3.32. The molecule has 2 unspecified atom stereocenters. The number of carbonyl (C=O) groups excluding carboxylic acids is 2. The molecule has 5 heteroatoms. The number of aryl methyl sites for hydroxylation is 1. The second kappa shape index (κ2) is 6.06. The summed E-state index contributed by atoms with van der Waals surface area (Å²) in [6, 6.07) is 4.51. The summed E-state index contributed by atoms with van der Waals surface area (Å²) in [7, 11) is 0. The van der Waals surface area contributed by atoms with Crippen molar-refractivity contribution < 1.29 is 9.59 Å². The van der Waals surface area contributed by atoms with Crippen LogP contribution in [0.1, 0.15) is 32.8 Å². The first kappa shape index (κ1) is 15.8. The molecule has 0 aliphatic carbocycles. The first-order valence-electron chi connectivity index (χ1n) is 7.26. The Morgan fingerprint density at radius 2 is 2.00 bits per heavy atom. The SMILES string of the molecule is CCC1C(=O)NC(C(C)C)C(=O)N1c1cc(C)ccc1Cl. The van der Waals surface area contributed by atoms with Gasteiger partial charge in [0.2, 0.25) is 5.91 Å². The van der Waals surface area contributed by atoms with E-state index in [2.05, 4.69) is 5.32 Å². The van der Waals surface area contributed by atoms with Gasteiger partial charge in [0.05, 0.1) is 10.7 Å². The molecular formula is C16H21ClN2O2. The summed E-state index contributed by atoms with van der Waals surface area (Å²) >= 11 is 6.27. The molecule has 1 aromatic rings. The Balaban J connectivity index is 2.51. The molecule has 1 aromatic carbocycles. The number of amides is 2. The molecule has 0 spiro atoms. The fraction of sp³-hybridized carbons (Fsp3) is 0.500. The smallest absolute Gasteiger partial charge is 0.250 e. The molecule has 1 saturated heterocycles. The van der Waals surface area contributed by atoms with Crippen LogP contribution in [0, 0.1) is 12.8 Å². The zero-order chi connectivity index (χ0) is 15.7. The van der Waals surface area contributed by atoms with Gasteiger partial charge in [-0.3, -0.25) is 14.5 Å². The number of nitrogens with one attached hydrogen (secondary N) is 1. The first-order valence-corrected chi connectivity index (χ1v) is 7.64. The molecule has 0 radical (unpaired) electrons. The van der Waals surface area contributed by atoms with E-state index in [1.807, 2.05) is 39.8 Å². The van der Waals surface area contributed by atoms with Crippen molar-refractivity contribution in [3.8, 4) is 0 Å². The Morgan fingerprint density at radius 3 is 2.57 bits per heavy atom. The van der Waals surface area contributed by atoms with E-state index in [0.717, 1.165) is 5.56 Å². The molecule has 2 atom stereocenters. The van der Waals surface area contributed by atoms with E-state index in [0.29, 0.717) is 17.1 Å². The lowest BCUT2D eigenvalue weighted by atomic mass is 9.96. The van der Waals surface area contributed by atoms with Crippen LogP contribution < -0.4 is 10.2 Å². The lowest BCUT2D eigenvalue weighted by Gasteiger charge is -2.40. The molecule has 1 fully saturated rings. The summed E-state index contributed by atoms with van der Waals surface area (Å²) < 4.78 is 0. The van der Waals surface area contributed by atoms with Gasteiger partial charge in [0.25, 0.3) is 5.91 Å². The normalized spacial score (nSPS) is 22.7. The first-order chi connectivity index (χ1) is 9.86. The van der Waals surface area contributed by atoms with Gasteiger partial charge >= 0.3 is 0 Å². The minimum absolute atomic E-state index is 0.0327. The van der Waals surface area contributed by atoms with E-state index in [1.54, 1.807) is 11.0 Å². The minimum Gasteiger partial charge on any atom is -0.342 e. The average molecular weight is 309 g/mol. The van der Waals surface area contributed by atoms with Gasteiger partial charge in [0, 0.05) is 0 Å². The second-order valence-corrected chi connectivity index (χ2v) is 6.22. The van der Waals surface area contributed by atoms with Gasteiger partial charge in [-0.2, -0.15) is 0 Å². The molecule has 114 valence electrons.